The van der Waals surface area contributed by atoms with Gasteiger partial charge in [-0.3, -0.25) is 4.79 Å². The third kappa shape index (κ3) is 2.52. The van der Waals surface area contributed by atoms with Gasteiger partial charge in [0.25, 0.3) is 5.91 Å². The maximum absolute atomic E-state index is 11.6. The van der Waals surface area contributed by atoms with E-state index in [0.29, 0.717) is 16.7 Å². The summed E-state index contributed by atoms with van der Waals surface area (Å²) in [5.41, 5.74) is 0.659. The molecule has 0 N–H and O–H groups in total. The van der Waals surface area contributed by atoms with Crippen molar-refractivity contribution in [3.63, 3.8) is 0 Å². The van der Waals surface area contributed by atoms with E-state index in [-0.39, 0.29) is 5.91 Å². The zero-order valence-corrected chi connectivity index (χ0v) is 9.21. The molecule has 1 amide bonds. The fraction of sp³-hybridized carbons (Fsp3) is 0.333. The molecule has 0 bridgehead atoms. The lowest BCUT2D eigenvalue weighted by Gasteiger charge is -2.13. The quantitative estimate of drug-likeness (QED) is 0.743. The number of carbonyl (C=O) groups is 1. The minimum absolute atomic E-state index is 0.0191. The second-order valence-corrected chi connectivity index (χ2v) is 3.50. The van der Waals surface area contributed by atoms with E-state index in [1.54, 1.807) is 30.3 Å². The van der Waals surface area contributed by atoms with Gasteiger partial charge in [-0.25, -0.2) is 4.98 Å². The Morgan fingerprint density at radius 2 is 2.38 bits per heavy atom. The summed E-state index contributed by atoms with van der Waals surface area (Å²) in [6, 6.07) is 3.42. The first-order valence-corrected chi connectivity index (χ1v) is 4.81. The van der Waals surface area contributed by atoms with Gasteiger partial charge in [0.2, 0.25) is 0 Å². The fourth-order valence-corrected chi connectivity index (χ4v) is 1.26. The van der Waals surface area contributed by atoms with E-state index in [0.717, 1.165) is 0 Å². The largest absolute Gasteiger partial charge is 0.342 e. The standard InChI is InChI=1S/C9H11BrN2O/c1-3-12(2)9(13)7-4-5-11-8(10)6-7/h4-6H,3H2,1-2H3. The van der Waals surface area contributed by atoms with E-state index in [1.165, 1.54) is 0 Å². The van der Waals surface area contributed by atoms with Crippen LogP contribution in [-0.2, 0) is 0 Å². The van der Waals surface area contributed by atoms with E-state index in [9.17, 15) is 4.79 Å². The summed E-state index contributed by atoms with van der Waals surface area (Å²) < 4.78 is 0.683. The molecule has 3 nitrogen and oxygen atoms in total. The number of hydrogen-bond acceptors (Lipinski definition) is 2. The molecule has 1 aromatic rings. The van der Waals surface area contributed by atoms with Crippen molar-refractivity contribution >= 4 is 21.8 Å². The van der Waals surface area contributed by atoms with Crippen LogP contribution in [0, 0.1) is 0 Å². The molecule has 0 spiro atoms. The van der Waals surface area contributed by atoms with Gasteiger partial charge < -0.3 is 4.90 Å². The normalized spacial score (nSPS) is 9.77. The summed E-state index contributed by atoms with van der Waals surface area (Å²) in [4.78, 5) is 17.2. The van der Waals surface area contributed by atoms with Gasteiger partial charge in [-0.1, -0.05) is 0 Å². The number of hydrogen-bond donors (Lipinski definition) is 0. The molecule has 0 radical (unpaired) electrons. The van der Waals surface area contributed by atoms with Crippen LogP contribution in [0.25, 0.3) is 0 Å². The highest BCUT2D eigenvalue weighted by Gasteiger charge is 2.09. The first-order valence-electron chi connectivity index (χ1n) is 4.02. The Kier molecular flexibility index (Phi) is 3.42. The molecule has 13 heavy (non-hydrogen) atoms. The Labute approximate surface area is 85.9 Å². The van der Waals surface area contributed by atoms with Gasteiger partial charge in [0.1, 0.15) is 4.60 Å². The number of nitrogens with zero attached hydrogens (tertiary/aromatic N) is 2. The smallest absolute Gasteiger partial charge is 0.253 e. The summed E-state index contributed by atoms with van der Waals surface area (Å²) in [7, 11) is 1.77. The number of carbonyl (C=O) groups excluding carboxylic acids is 1. The number of pyridine rings is 1. The van der Waals surface area contributed by atoms with Crippen molar-refractivity contribution in [1.82, 2.24) is 9.88 Å². The maximum Gasteiger partial charge on any atom is 0.253 e. The summed E-state index contributed by atoms with van der Waals surface area (Å²) >= 11 is 3.22. The third-order valence-electron chi connectivity index (χ3n) is 1.79. The Morgan fingerprint density at radius 1 is 1.69 bits per heavy atom. The Morgan fingerprint density at radius 3 is 2.92 bits per heavy atom. The molecule has 1 heterocycles. The van der Waals surface area contributed by atoms with E-state index in [1.807, 2.05) is 6.92 Å². The Balaban J connectivity index is 2.89. The topological polar surface area (TPSA) is 33.2 Å². The minimum atomic E-state index is 0.0191. The number of aromatic nitrogens is 1. The van der Waals surface area contributed by atoms with Crippen LogP contribution >= 0.6 is 15.9 Å². The van der Waals surface area contributed by atoms with Gasteiger partial charge in [0, 0.05) is 25.4 Å². The van der Waals surface area contributed by atoms with Crippen LogP contribution in [-0.4, -0.2) is 29.4 Å². The van der Waals surface area contributed by atoms with Crippen molar-refractivity contribution in [2.75, 3.05) is 13.6 Å². The van der Waals surface area contributed by atoms with E-state index in [4.69, 9.17) is 0 Å². The molecule has 0 saturated heterocycles. The summed E-state index contributed by atoms with van der Waals surface area (Å²) in [5.74, 6) is 0.0191. The van der Waals surface area contributed by atoms with Crippen LogP contribution < -0.4 is 0 Å². The predicted molar refractivity (Wildman–Crippen MR) is 54.6 cm³/mol. The Hall–Kier alpha value is -0.900. The lowest BCUT2D eigenvalue weighted by molar-refractivity contribution is 0.0802. The molecule has 1 aromatic heterocycles. The molecular formula is C9H11BrN2O. The molecule has 0 unspecified atom stereocenters. The second kappa shape index (κ2) is 4.37. The van der Waals surface area contributed by atoms with Crippen molar-refractivity contribution in [3.8, 4) is 0 Å². The zero-order valence-electron chi connectivity index (χ0n) is 7.62. The lowest BCUT2D eigenvalue weighted by Crippen LogP contribution is -2.26. The highest BCUT2D eigenvalue weighted by Crippen LogP contribution is 2.09. The predicted octanol–water partition coefficient (Wildman–Crippen LogP) is 1.94. The SMILES string of the molecule is CCN(C)C(=O)c1ccnc(Br)c1. The van der Waals surface area contributed by atoms with Crippen LogP contribution in [0.5, 0.6) is 0 Å². The summed E-state index contributed by atoms with van der Waals surface area (Å²) in [5, 5.41) is 0. The molecule has 0 atom stereocenters. The zero-order chi connectivity index (χ0) is 9.84. The second-order valence-electron chi connectivity index (χ2n) is 2.69. The molecule has 4 heteroatoms. The van der Waals surface area contributed by atoms with Gasteiger partial charge in [-0.05, 0) is 35.0 Å². The summed E-state index contributed by atoms with van der Waals surface area (Å²) in [6.07, 6.45) is 1.61. The lowest BCUT2D eigenvalue weighted by atomic mass is 10.2. The first kappa shape index (κ1) is 10.2. The van der Waals surface area contributed by atoms with Crippen molar-refractivity contribution in [2.24, 2.45) is 0 Å². The maximum atomic E-state index is 11.6. The van der Waals surface area contributed by atoms with E-state index < -0.39 is 0 Å². The van der Waals surface area contributed by atoms with Crippen LogP contribution in [0.1, 0.15) is 17.3 Å². The minimum Gasteiger partial charge on any atom is -0.342 e. The van der Waals surface area contributed by atoms with E-state index in [2.05, 4.69) is 20.9 Å². The highest BCUT2D eigenvalue weighted by molar-refractivity contribution is 9.10. The molecule has 0 aliphatic rings. The third-order valence-corrected chi connectivity index (χ3v) is 2.23. The van der Waals surface area contributed by atoms with Crippen LogP contribution in [0.2, 0.25) is 0 Å². The average Bonchev–Trinajstić information content (AvgIpc) is 2.15. The Bertz CT molecular complexity index is 314. The molecule has 70 valence electrons. The fourth-order valence-electron chi connectivity index (χ4n) is 0.899. The van der Waals surface area contributed by atoms with Gasteiger partial charge in [-0.2, -0.15) is 0 Å². The van der Waals surface area contributed by atoms with Gasteiger partial charge in [0.05, 0.1) is 0 Å². The van der Waals surface area contributed by atoms with Gasteiger partial charge >= 0.3 is 0 Å². The van der Waals surface area contributed by atoms with Crippen LogP contribution in [0.4, 0.5) is 0 Å². The number of halogens is 1. The molecule has 0 saturated carbocycles. The molecule has 0 aromatic carbocycles. The van der Waals surface area contributed by atoms with E-state index >= 15 is 0 Å². The first-order chi connectivity index (χ1) is 6.15. The van der Waals surface area contributed by atoms with Crippen LogP contribution in [0.15, 0.2) is 22.9 Å². The molecule has 0 fully saturated rings. The monoisotopic (exact) mass is 242 g/mol. The molecule has 0 aliphatic heterocycles. The van der Waals surface area contributed by atoms with Gasteiger partial charge in [0.15, 0.2) is 0 Å². The number of amides is 1. The molecular weight excluding hydrogens is 232 g/mol. The number of rotatable bonds is 2. The molecule has 0 aliphatic carbocycles. The van der Waals surface area contributed by atoms with Crippen molar-refractivity contribution in [2.45, 2.75) is 6.92 Å². The molecule has 1 rings (SSSR count). The van der Waals surface area contributed by atoms with Crippen molar-refractivity contribution < 1.29 is 4.79 Å². The van der Waals surface area contributed by atoms with Gasteiger partial charge in [-0.15, -0.1) is 0 Å². The van der Waals surface area contributed by atoms with Crippen LogP contribution in [0.3, 0.4) is 0 Å². The van der Waals surface area contributed by atoms with Crippen molar-refractivity contribution in [1.29, 1.82) is 0 Å². The summed E-state index contributed by atoms with van der Waals surface area (Å²) in [6.45, 7) is 2.65. The van der Waals surface area contributed by atoms with Crippen molar-refractivity contribution in [3.05, 3.63) is 28.5 Å². The average molecular weight is 243 g/mol. The highest BCUT2D eigenvalue weighted by atomic mass is 79.9.